The predicted octanol–water partition coefficient (Wildman–Crippen LogP) is 1.74. The molecule has 4 nitrogen and oxygen atoms in total. The number of carbonyl (C=O) groups is 2. The number of piperidine rings is 1. The van der Waals surface area contributed by atoms with Gasteiger partial charge in [0, 0.05) is 12.6 Å². The third kappa shape index (κ3) is 3.15. The highest BCUT2D eigenvalue weighted by Gasteiger charge is 2.34. The molecule has 0 aliphatic carbocycles. The van der Waals surface area contributed by atoms with Crippen LogP contribution < -0.4 is 0 Å². The Morgan fingerprint density at radius 2 is 2.06 bits per heavy atom. The van der Waals surface area contributed by atoms with Gasteiger partial charge in [-0.25, -0.2) is 0 Å². The van der Waals surface area contributed by atoms with E-state index in [1.165, 1.54) is 0 Å². The first-order valence-electron chi connectivity index (χ1n) is 6.32. The molecular weight excluding hydrogens is 238 g/mol. The molecular formula is C12H19NO3S. The van der Waals surface area contributed by atoms with Crippen LogP contribution in [0.15, 0.2) is 0 Å². The Hall–Kier alpha value is -0.710. The van der Waals surface area contributed by atoms with Crippen LogP contribution in [-0.2, 0) is 9.59 Å². The molecule has 0 aromatic carbocycles. The van der Waals surface area contributed by atoms with E-state index in [2.05, 4.69) is 0 Å². The average molecular weight is 257 g/mol. The van der Waals surface area contributed by atoms with Crippen molar-refractivity contribution in [1.82, 2.24) is 4.90 Å². The van der Waals surface area contributed by atoms with E-state index in [9.17, 15) is 9.59 Å². The fourth-order valence-electron chi connectivity index (χ4n) is 2.66. The Morgan fingerprint density at radius 3 is 2.71 bits per heavy atom. The number of thioether (sulfide) groups is 1. The fourth-order valence-corrected chi connectivity index (χ4v) is 3.89. The Morgan fingerprint density at radius 1 is 1.24 bits per heavy atom. The molecule has 5 heteroatoms. The van der Waals surface area contributed by atoms with Crippen LogP contribution in [0.3, 0.4) is 0 Å². The lowest BCUT2D eigenvalue weighted by Gasteiger charge is -2.36. The minimum absolute atomic E-state index is 0.0741. The van der Waals surface area contributed by atoms with Crippen LogP contribution in [-0.4, -0.2) is 45.5 Å². The third-order valence-corrected chi connectivity index (χ3v) is 4.89. The maximum absolute atomic E-state index is 12.3. The van der Waals surface area contributed by atoms with E-state index in [-0.39, 0.29) is 23.6 Å². The van der Waals surface area contributed by atoms with Gasteiger partial charge in [-0.1, -0.05) is 0 Å². The second-order valence-electron chi connectivity index (χ2n) is 4.78. The normalized spacial score (nSPS) is 29.3. The summed E-state index contributed by atoms with van der Waals surface area (Å²) < 4.78 is 0. The van der Waals surface area contributed by atoms with Gasteiger partial charge in [-0.3, -0.25) is 9.59 Å². The van der Waals surface area contributed by atoms with E-state index in [1.807, 2.05) is 4.90 Å². The Bertz CT molecular complexity index is 302. The van der Waals surface area contributed by atoms with Crippen LogP contribution in [0.25, 0.3) is 0 Å². The van der Waals surface area contributed by atoms with Crippen LogP contribution in [0.2, 0.25) is 0 Å². The van der Waals surface area contributed by atoms with Crippen LogP contribution in [0, 0.1) is 0 Å². The zero-order valence-corrected chi connectivity index (χ0v) is 10.7. The maximum Gasteiger partial charge on any atom is 0.305 e. The molecule has 2 aliphatic rings. The zero-order valence-electron chi connectivity index (χ0n) is 9.93. The lowest BCUT2D eigenvalue weighted by atomic mass is 9.98. The van der Waals surface area contributed by atoms with E-state index in [1.54, 1.807) is 11.8 Å². The van der Waals surface area contributed by atoms with Gasteiger partial charge in [0.1, 0.15) is 0 Å². The number of rotatable bonds is 3. The quantitative estimate of drug-likeness (QED) is 0.836. The van der Waals surface area contributed by atoms with Gasteiger partial charge in [-0.05, 0) is 37.9 Å². The van der Waals surface area contributed by atoms with E-state index >= 15 is 0 Å². The van der Waals surface area contributed by atoms with E-state index < -0.39 is 5.97 Å². The standard InChI is InChI=1S/C12H19NO3S/c14-11(15)8-9-4-1-2-6-13(9)12(16)10-5-3-7-17-10/h9-10H,1-8H2,(H,14,15). The van der Waals surface area contributed by atoms with E-state index in [0.717, 1.165) is 44.4 Å². The first-order valence-corrected chi connectivity index (χ1v) is 7.37. The van der Waals surface area contributed by atoms with Gasteiger partial charge in [0.25, 0.3) is 0 Å². The van der Waals surface area contributed by atoms with Crippen molar-refractivity contribution in [3.63, 3.8) is 0 Å². The summed E-state index contributed by atoms with van der Waals surface area (Å²) in [7, 11) is 0. The molecule has 2 heterocycles. The Kier molecular flexibility index (Phi) is 4.31. The van der Waals surface area contributed by atoms with Crippen LogP contribution in [0.4, 0.5) is 0 Å². The SMILES string of the molecule is O=C(O)CC1CCCCN1C(=O)C1CCCS1. The van der Waals surface area contributed by atoms with Crippen molar-refractivity contribution in [2.24, 2.45) is 0 Å². The van der Waals surface area contributed by atoms with Crippen molar-refractivity contribution in [2.75, 3.05) is 12.3 Å². The van der Waals surface area contributed by atoms with Crippen molar-refractivity contribution in [2.45, 2.75) is 49.8 Å². The van der Waals surface area contributed by atoms with Crippen molar-refractivity contribution in [3.05, 3.63) is 0 Å². The fraction of sp³-hybridized carbons (Fsp3) is 0.833. The number of likely N-dealkylation sites (tertiary alicyclic amines) is 1. The summed E-state index contributed by atoms with van der Waals surface area (Å²) in [6, 6.07) is -0.0741. The molecule has 0 aromatic heterocycles. The van der Waals surface area contributed by atoms with Crippen LogP contribution in [0.5, 0.6) is 0 Å². The van der Waals surface area contributed by atoms with E-state index in [0.29, 0.717) is 0 Å². The van der Waals surface area contributed by atoms with Crippen molar-refractivity contribution < 1.29 is 14.7 Å². The number of nitrogens with zero attached hydrogens (tertiary/aromatic N) is 1. The van der Waals surface area contributed by atoms with Crippen LogP contribution in [0.1, 0.15) is 38.5 Å². The van der Waals surface area contributed by atoms with Gasteiger partial charge in [-0.2, -0.15) is 0 Å². The van der Waals surface area contributed by atoms with Gasteiger partial charge in [0.15, 0.2) is 0 Å². The first-order chi connectivity index (χ1) is 8.18. The smallest absolute Gasteiger partial charge is 0.305 e. The van der Waals surface area contributed by atoms with E-state index in [4.69, 9.17) is 5.11 Å². The molecule has 0 aromatic rings. The molecule has 2 unspecified atom stereocenters. The molecule has 1 amide bonds. The lowest BCUT2D eigenvalue weighted by molar-refractivity contribution is -0.141. The summed E-state index contributed by atoms with van der Waals surface area (Å²) in [5, 5.41) is 8.97. The summed E-state index contributed by atoms with van der Waals surface area (Å²) in [6.07, 6.45) is 5.07. The molecule has 0 radical (unpaired) electrons. The van der Waals surface area contributed by atoms with Crippen molar-refractivity contribution in [3.8, 4) is 0 Å². The summed E-state index contributed by atoms with van der Waals surface area (Å²) in [4.78, 5) is 25.0. The Labute approximate surface area is 106 Å². The molecule has 0 spiro atoms. The highest BCUT2D eigenvalue weighted by Crippen LogP contribution is 2.30. The number of hydrogen-bond acceptors (Lipinski definition) is 3. The summed E-state index contributed by atoms with van der Waals surface area (Å²) in [5.41, 5.74) is 0. The molecule has 2 saturated heterocycles. The maximum atomic E-state index is 12.3. The number of carbonyl (C=O) groups excluding carboxylic acids is 1. The average Bonchev–Trinajstić information content (AvgIpc) is 2.81. The second-order valence-corrected chi connectivity index (χ2v) is 6.09. The number of carboxylic acids is 1. The molecule has 0 bridgehead atoms. The highest BCUT2D eigenvalue weighted by molar-refractivity contribution is 8.00. The van der Waals surface area contributed by atoms with Gasteiger partial charge in [0.2, 0.25) is 5.91 Å². The van der Waals surface area contributed by atoms with Gasteiger partial charge in [-0.15, -0.1) is 11.8 Å². The summed E-state index contributed by atoms with van der Waals surface area (Å²) in [6.45, 7) is 0.744. The molecule has 2 rings (SSSR count). The second kappa shape index (κ2) is 5.76. The predicted molar refractivity (Wildman–Crippen MR) is 67.1 cm³/mol. The van der Waals surface area contributed by atoms with Gasteiger partial charge < -0.3 is 10.0 Å². The topological polar surface area (TPSA) is 57.6 Å². The molecule has 17 heavy (non-hydrogen) atoms. The van der Waals surface area contributed by atoms with Crippen molar-refractivity contribution >= 4 is 23.6 Å². The molecule has 1 N–H and O–H groups in total. The minimum Gasteiger partial charge on any atom is -0.481 e. The summed E-state index contributed by atoms with van der Waals surface area (Å²) >= 11 is 1.73. The van der Waals surface area contributed by atoms with Crippen LogP contribution >= 0.6 is 11.8 Å². The third-order valence-electron chi connectivity index (χ3n) is 3.53. The number of amides is 1. The van der Waals surface area contributed by atoms with Gasteiger partial charge >= 0.3 is 5.97 Å². The highest BCUT2D eigenvalue weighted by atomic mass is 32.2. The molecule has 0 saturated carbocycles. The zero-order chi connectivity index (χ0) is 12.3. The summed E-state index contributed by atoms with van der Waals surface area (Å²) in [5.74, 6) is 0.445. The largest absolute Gasteiger partial charge is 0.481 e. The lowest BCUT2D eigenvalue weighted by Crippen LogP contribution is -2.47. The first kappa shape index (κ1) is 12.7. The number of hydrogen-bond donors (Lipinski definition) is 1. The number of aliphatic carboxylic acids is 1. The molecule has 2 aliphatic heterocycles. The van der Waals surface area contributed by atoms with Gasteiger partial charge in [0.05, 0.1) is 11.7 Å². The minimum atomic E-state index is -0.797. The molecule has 2 atom stereocenters. The molecule has 2 fully saturated rings. The Balaban J connectivity index is 1.99. The van der Waals surface area contributed by atoms with Crippen molar-refractivity contribution in [1.29, 1.82) is 0 Å². The molecule has 96 valence electrons. The number of carboxylic acid groups (broad SMARTS) is 1. The monoisotopic (exact) mass is 257 g/mol.